The van der Waals surface area contributed by atoms with E-state index >= 15 is 0 Å². The van der Waals surface area contributed by atoms with Crippen LogP contribution in [0.3, 0.4) is 0 Å². The van der Waals surface area contributed by atoms with Crippen molar-refractivity contribution in [1.82, 2.24) is 15.6 Å². The fourth-order valence-electron chi connectivity index (χ4n) is 1.59. The molecule has 0 atom stereocenters. The molecule has 1 aromatic carbocycles. The van der Waals surface area contributed by atoms with E-state index in [2.05, 4.69) is 20.6 Å². The van der Waals surface area contributed by atoms with E-state index < -0.39 is 0 Å². The number of fused-ring (bicyclic) bond motifs is 1. The molecule has 0 bridgehead atoms. The lowest BCUT2D eigenvalue weighted by Crippen LogP contribution is -2.50. The van der Waals surface area contributed by atoms with Crippen molar-refractivity contribution < 1.29 is 9.59 Å². The summed E-state index contributed by atoms with van der Waals surface area (Å²) >= 11 is 1.39. The van der Waals surface area contributed by atoms with Gasteiger partial charge in [0.1, 0.15) is 6.42 Å². The molecule has 6 nitrogen and oxygen atoms in total. The smallest absolute Gasteiger partial charge is 0.236 e. The second-order valence-corrected chi connectivity index (χ2v) is 4.71. The number of hydrogen-bond donors (Lipinski definition) is 2. The highest BCUT2D eigenvalue weighted by Gasteiger charge is 2.20. The molecule has 0 radical (unpaired) electrons. The predicted octanol–water partition coefficient (Wildman–Crippen LogP) is 0.920. The van der Waals surface area contributed by atoms with Crippen molar-refractivity contribution in [2.45, 2.75) is 6.42 Å². The van der Waals surface area contributed by atoms with Gasteiger partial charge in [-0.15, -0.1) is 0 Å². The van der Waals surface area contributed by atoms with Gasteiger partial charge in [0.2, 0.25) is 22.9 Å². The van der Waals surface area contributed by atoms with Gasteiger partial charge in [0.25, 0.3) is 0 Å². The van der Waals surface area contributed by atoms with Crippen LogP contribution in [0.15, 0.2) is 29.3 Å². The lowest BCUT2D eigenvalue weighted by molar-refractivity contribution is -0.129. The quantitative estimate of drug-likeness (QED) is 0.748. The van der Waals surface area contributed by atoms with Gasteiger partial charge in [-0.25, -0.2) is 4.98 Å². The van der Waals surface area contributed by atoms with Crippen molar-refractivity contribution in [1.29, 1.82) is 0 Å². The van der Waals surface area contributed by atoms with Crippen LogP contribution >= 0.6 is 11.3 Å². The minimum absolute atomic E-state index is 0.135. The van der Waals surface area contributed by atoms with Crippen LogP contribution in [-0.4, -0.2) is 22.8 Å². The number of para-hydroxylation sites is 1. The molecule has 1 aliphatic heterocycles. The van der Waals surface area contributed by atoms with Crippen LogP contribution in [0.4, 0.5) is 5.13 Å². The van der Waals surface area contributed by atoms with E-state index in [0.717, 1.165) is 10.2 Å². The van der Waals surface area contributed by atoms with Crippen molar-refractivity contribution in [2.75, 3.05) is 0 Å². The first kappa shape index (κ1) is 10.8. The zero-order chi connectivity index (χ0) is 12.5. The number of amides is 2. The molecule has 1 aromatic heterocycles. The highest BCUT2D eigenvalue weighted by Crippen LogP contribution is 2.27. The fourth-order valence-corrected chi connectivity index (χ4v) is 2.43. The Kier molecular flexibility index (Phi) is 2.52. The first-order chi connectivity index (χ1) is 8.70. The fraction of sp³-hybridized carbons (Fsp3) is 0.0909. The minimum atomic E-state index is -0.362. The van der Waals surface area contributed by atoms with Gasteiger partial charge in [-0.3, -0.25) is 20.2 Å². The molecule has 2 N–H and O–H groups in total. The Labute approximate surface area is 106 Å². The number of rotatable bonds is 1. The summed E-state index contributed by atoms with van der Waals surface area (Å²) in [5.74, 6) is -0.590. The molecule has 1 fully saturated rings. The van der Waals surface area contributed by atoms with E-state index in [1.54, 1.807) is 0 Å². The third-order valence-electron chi connectivity index (χ3n) is 2.33. The van der Waals surface area contributed by atoms with Gasteiger partial charge < -0.3 is 0 Å². The molecule has 2 heterocycles. The SMILES string of the molecule is O=C1CC(=O)NC(=Nc2nc3ccccc3s2)N1. The standard InChI is InChI=1S/C11H8N4O2S/c16-8-5-9(17)14-10(13-8)15-11-12-6-3-1-2-4-7(6)18-11/h1-4H,5H2,(H2,12,13,14,15,16,17). The van der Waals surface area contributed by atoms with Crippen LogP contribution in [0.5, 0.6) is 0 Å². The molecule has 3 rings (SSSR count). The summed E-state index contributed by atoms with van der Waals surface area (Å²) in [6, 6.07) is 7.63. The first-order valence-electron chi connectivity index (χ1n) is 5.25. The highest BCUT2D eigenvalue weighted by molar-refractivity contribution is 7.22. The average Bonchev–Trinajstić information content (AvgIpc) is 2.69. The summed E-state index contributed by atoms with van der Waals surface area (Å²) in [5, 5.41) is 5.46. The first-order valence-corrected chi connectivity index (χ1v) is 6.06. The van der Waals surface area contributed by atoms with Crippen molar-refractivity contribution in [2.24, 2.45) is 4.99 Å². The number of carbonyl (C=O) groups excluding carboxylic acids is 2. The normalized spacial score (nSPS) is 15.4. The van der Waals surface area contributed by atoms with Crippen LogP contribution in [0.25, 0.3) is 10.2 Å². The summed E-state index contributed by atoms with van der Waals surface area (Å²) in [6.07, 6.45) is -0.168. The summed E-state index contributed by atoms with van der Waals surface area (Å²) < 4.78 is 1.00. The third kappa shape index (κ3) is 2.07. The number of aliphatic imine (C=N–C) groups is 1. The molecule has 0 spiro atoms. The van der Waals surface area contributed by atoms with Crippen LogP contribution in [-0.2, 0) is 9.59 Å². The van der Waals surface area contributed by atoms with Crippen molar-refractivity contribution in [3.05, 3.63) is 24.3 Å². The Balaban J connectivity index is 1.95. The van der Waals surface area contributed by atoms with Gasteiger partial charge >= 0.3 is 0 Å². The Bertz CT molecular complexity index is 625. The zero-order valence-corrected chi connectivity index (χ0v) is 9.95. The van der Waals surface area contributed by atoms with E-state index in [4.69, 9.17) is 0 Å². The number of benzene rings is 1. The summed E-state index contributed by atoms with van der Waals surface area (Å²) in [7, 11) is 0. The monoisotopic (exact) mass is 260 g/mol. The van der Waals surface area contributed by atoms with Crippen molar-refractivity contribution >= 4 is 44.5 Å². The zero-order valence-electron chi connectivity index (χ0n) is 9.14. The lowest BCUT2D eigenvalue weighted by atomic mass is 10.3. The lowest BCUT2D eigenvalue weighted by Gasteiger charge is -2.13. The molecule has 1 saturated heterocycles. The van der Waals surface area contributed by atoms with E-state index in [1.807, 2.05) is 24.3 Å². The molecule has 7 heteroatoms. The molecule has 0 saturated carbocycles. The number of thiazole rings is 1. The van der Waals surface area contributed by atoms with Gasteiger partial charge in [0.05, 0.1) is 10.2 Å². The Morgan fingerprint density at radius 2 is 1.89 bits per heavy atom. The Morgan fingerprint density at radius 1 is 1.17 bits per heavy atom. The second-order valence-electron chi connectivity index (χ2n) is 3.70. The number of hydrogen-bond acceptors (Lipinski definition) is 5. The van der Waals surface area contributed by atoms with Gasteiger partial charge in [-0.2, -0.15) is 4.99 Å². The Morgan fingerprint density at radius 3 is 2.61 bits per heavy atom. The molecule has 2 aromatic rings. The maximum absolute atomic E-state index is 11.2. The van der Waals surface area contributed by atoms with E-state index in [0.29, 0.717) is 5.13 Å². The van der Waals surface area contributed by atoms with E-state index in [9.17, 15) is 9.59 Å². The minimum Gasteiger partial charge on any atom is -0.296 e. The molecular weight excluding hydrogens is 252 g/mol. The number of nitrogens with one attached hydrogen (secondary N) is 2. The molecule has 1 aliphatic rings. The van der Waals surface area contributed by atoms with Gasteiger partial charge in [-0.05, 0) is 12.1 Å². The predicted molar refractivity (Wildman–Crippen MR) is 67.6 cm³/mol. The summed E-state index contributed by atoms with van der Waals surface area (Å²) in [6.45, 7) is 0. The number of carbonyl (C=O) groups is 2. The molecule has 2 amide bonds. The van der Waals surface area contributed by atoms with Crippen LogP contribution in [0, 0.1) is 0 Å². The number of nitrogens with zero attached hydrogens (tertiary/aromatic N) is 2. The van der Waals surface area contributed by atoms with Crippen molar-refractivity contribution in [3.8, 4) is 0 Å². The average molecular weight is 260 g/mol. The molecule has 0 aliphatic carbocycles. The summed E-state index contributed by atoms with van der Waals surface area (Å²) in [5.41, 5.74) is 0.843. The maximum Gasteiger partial charge on any atom is 0.236 e. The largest absolute Gasteiger partial charge is 0.296 e. The van der Waals surface area contributed by atoms with Gasteiger partial charge in [0.15, 0.2) is 0 Å². The number of guanidine groups is 1. The summed E-state index contributed by atoms with van der Waals surface area (Å²) in [4.78, 5) is 30.8. The van der Waals surface area contributed by atoms with Crippen LogP contribution in [0.1, 0.15) is 6.42 Å². The molecule has 0 unspecified atom stereocenters. The third-order valence-corrected chi connectivity index (χ3v) is 3.26. The van der Waals surface area contributed by atoms with Crippen molar-refractivity contribution in [3.63, 3.8) is 0 Å². The van der Waals surface area contributed by atoms with E-state index in [-0.39, 0.29) is 24.2 Å². The van der Waals surface area contributed by atoms with Crippen LogP contribution in [0.2, 0.25) is 0 Å². The topological polar surface area (TPSA) is 83.5 Å². The Hall–Kier alpha value is -2.28. The van der Waals surface area contributed by atoms with Gasteiger partial charge in [0, 0.05) is 0 Å². The van der Waals surface area contributed by atoms with Gasteiger partial charge in [-0.1, -0.05) is 23.5 Å². The van der Waals surface area contributed by atoms with Crippen LogP contribution < -0.4 is 10.6 Å². The second kappa shape index (κ2) is 4.19. The number of aromatic nitrogens is 1. The molecular formula is C11H8N4O2S. The molecule has 90 valence electrons. The maximum atomic E-state index is 11.2. The molecule has 18 heavy (non-hydrogen) atoms. The highest BCUT2D eigenvalue weighted by atomic mass is 32.1. The van der Waals surface area contributed by atoms with E-state index in [1.165, 1.54) is 11.3 Å².